The van der Waals surface area contributed by atoms with Gasteiger partial charge in [0.2, 0.25) is 0 Å². The van der Waals surface area contributed by atoms with Gasteiger partial charge in [0.1, 0.15) is 6.29 Å². The summed E-state index contributed by atoms with van der Waals surface area (Å²) >= 11 is 0. The molecule has 0 heterocycles. The van der Waals surface area contributed by atoms with Gasteiger partial charge in [0.15, 0.2) is 0 Å². The van der Waals surface area contributed by atoms with Crippen molar-refractivity contribution >= 4 is 6.29 Å². The van der Waals surface area contributed by atoms with Gasteiger partial charge in [0, 0.05) is 13.0 Å². The van der Waals surface area contributed by atoms with Crippen LogP contribution in [-0.4, -0.2) is 19.0 Å². The van der Waals surface area contributed by atoms with E-state index in [4.69, 9.17) is 4.74 Å². The summed E-state index contributed by atoms with van der Waals surface area (Å²) in [4.78, 5) is 11.5. The molecule has 2 nitrogen and oxygen atoms in total. The van der Waals surface area contributed by atoms with Crippen molar-refractivity contribution < 1.29 is 9.53 Å². The molecule has 0 N–H and O–H groups in total. The Morgan fingerprint density at radius 3 is 2.29 bits per heavy atom. The quantitative estimate of drug-likeness (QED) is 0.499. The molecule has 0 bridgehead atoms. The summed E-state index contributed by atoms with van der Waals surface area (Å²) in [6, 6.07) is 0. The van der Waals surface area contributed by atoms with Crippen molar-refractivity contribution in [3.8, 4) is 0 Å². The molecule has 0 aromatic carbocycles. The number of unbranched alkanes of at least 4 members (excludes halogenated alkanes) is 2. The highest BCUT2D eigenvalue weighted by Crippen LogP contribution is 2.48. The molecule has 0 radical (unpaired) electrons. The van der Waals surface area contributed by atoms with Crippen molar-refractivity contribution in [2.24, 2.45) is 17.8 Å². The van der Waals surface area contributed by atoms with Crippen molar-refractivity contribution in [2.45, 2.75) is 64.9 Å². The number of carbonyl (C=O) groups excluding carboxylic acids is 1. The van der Waals surface area contributed by atoms with E-state index in [1.807, 2.05) is 0 Å². The summed E-state index contributed by atoms with van der Waals surface area (Å²) in [5.74, 6) is 1.07. The molecule has 1 saturated carbocycles. The predicted molar refractivity (Wildman–Crippen MR) is 71.0 cm³/mol. The molecule has 1 rings (SSSR count). The van der Waals surface area contributed by atoms with Gasteiger partial charge in [-0.25, -0.2) is 0 Å². The Bertz CT molecular complexity index is 227. The highest BCUT2D eigenvalue weighted by atomic mass is 16.5. The summed E-state index contributed by atoms with van der Waals surface area (Å²) < 4.78 is 5.88. The Hall–Kier alpha value is -0.370. The van der Waals surface area contributed by atoms with Crippen molar-refractivity contribution in [1.29, 1.82) is 0 Å². The maximum absolute atomic E-state index is 11.5. The topological polar surface area (TPSA) is 26.3 Å². The molecule has 1 aliphatic rings. The smallest absolute Gasteiger partial charge is 0.125 e. The van der Waals surface area contributed by atoms with Gasteiger partial charge in [-0.2, -0.15) is 0 Å². The number of hydrogen-bond donors (Lipinski definition) is 0. The van der Waals surface area contributed by atoms with Gasteiger partial charge in [-0.1, -0.05) is 40.0 Å². The first kappa shape index (κ1) is 14.7. The minimum atomic E-state index is -0.199. The first-order valence-corrected chi connectivity index (χ1v) is 7.13. The molecule has 100 valence electrons. The molecule has 0 amide bonds. The third kappa shape index (κ3) is 2.73. The fraction of sp³-hybridized carbons (Fsp3) is 0.933. The lowest BCUT2D eigenvalue weighted by Crippen LogP contribution is -2.47. The van der Waals surface area contributed by atoms with E-state index in [0.717, 1.165) is 19.1 Å². The Balaban J connectivity index is 2.77. The fourth-order valence-electron chi connectivity index (χ4n) is 3.74. The summed E-state index contributed by atoms with van der Waals surface area (Å²) in [5.41, 5.74) is -0.199. The Morgan fingerprint density at radius 2 is 1.88 bits per heavy atom. The molecule has 0 saturated heterocycles. The van der Waals surface area contributed by atoms with Crippen LogP contribution in [0.25, 0.3) is 0 Å². The standard InChI is InChI=1S/C15H28O2/c1-5-6-7-8-14(11-16)15(17-4)12(2)9-10-13(15)3/h11-14H,5-10H2,1-4H3. The van der Waals surface area contributed by atoms with E-state index in [2.05, 4.69) is 20.8 Å². The second-order valence-electron chi connectivity index (χ2n) is 5.68. The van der Waals surface area contributed by atoms with Gasteiger partial charge in [0.05, 0.1) is 5.60 Å². The molecule has 1 fully saturated rings. The molecule has 3 atom stereocenters. The van der Waals surface area contributed by atoms with E-state index >= 15 is 0 Å². The molecule has 3 unspecified atom stereocenters. The highest BCUT2D eigenvalue weighted by molar-refractivity contribution is 5.56. The lowest BCUT2D eigenvalue weighted by Gasteiger charge is -2.41. The van der Waals surface area contributed by atoms with Crippen LogP contribution in [0, 0.1) is 17.8 Å². The monoisotopic (exact) mass is 240 g/mol. The van der Waals surface area contributed by atoms with Gasteiger partial charge >= 0.3 is 0 Å². The van der Waals surface area contributed by atoms with Crippen LogP contribution in [0.5, 0.6) is 0 Å². The van der Waals surface area contributed by atoms with E-state index in [9.17, 15) is 4.79 Å². The van der Waals surface area contributed by atoms with E-state index < -0.39 is 0 Å². The molecule has 0 aromatic rings. The molecule has 0 spiro atoms. The van der Waals surface area contributed by atoms with Crippen LogP contribution in [0.15, 0.2) is 0 Å². The van der Waals surface area contributed by atoms with E-state index in [1.165, 1.54) is 25.7 Å². The van der Waals surface area contributed by atoms with Crippen LogP contribution < -0.4 is 0 Å². The Kier molecular flexibility index (Phi) is 5.64. The predicted octanol–water partition coefficient (Wildman–Crippen LogP) is 3.83. The second kappa shape index (κ2) is 6.53. The third-order valence-corrected chi connectivity index (χ3v) is 4.79. The van der Waals surface area contributed by atoms with Crippen LogP contribution in [0.2, 0.25) is 0 Å². The summed E-state index contributed by atoms with van der Waals surface area (Å²) in [6.07, 6.45) is 8.08. The van der Waals surface area contributed by atoms with Crippen molar-refractivity contribution in [3.63, 3.8) is 0 Å². The number of hydrogen-bond acceptors (Lipinski definition) is 2. The first-order chi connectivity index (χ1) is 8.13. The summed E-state index contributed by atoms with van der Waals surface area (Å²) in [6.45, 7) is 6.68. The van der Waals surface area contributed by atoms with Gasteiger partial charge < -0.3 is 9.53 Å². The number of methoxy groups -OCH3 is 1. The van der Waals surface area contributed by atoms with Gasteiger partial charge in [0.25, 0.3) is 0 Å². The van der Waals surface area contributed by atoms with Crippen LogP contribution in [0.4, 0.5) is 0 Å². The molecule has 2 heteroatoms. The van der Waals surface area contributed by atoms with Crippen LogP contribution in [0.3, 0.4) is 0 Å². The zero-order valence-electron chi connectivity index (χ0n) is 11.9. The van der Waals surface area contributed by atoms with Crippen LogP contribution in [0.1, 0.15) is 59.3 Å². The maximum Gasteiger partial charge on any atom is 0.125 e. The minimum Gasteiger partial charge on any atom is -0.377 e. The van der Waals surface area contributed by atoms with Gasteiger partial charge in [-0.3, -0.25) is 0 Å². The van der Waals surface area contributed by atoms with Crippen molar-refractivity contribution in [3.05, 3.63) is 0 Å². The van der Waals surface area contributed by atoms with E-state index in [1.54, 1.807) is 7.11 Å². The molecule has 1 aliphatic carbocycles. The molecule has 0 aromatic heterocycles. The largest absolute Gasteiger partial charge is 0.377 e. The average Bonchev–Trinajstić information content (AvgIpc) is 2.62. The SMILES string of the molecule is CCCCCC(C=O)C1(OC)C(C)CCC1C. The number of ether oxygens (including phenoxy) is 1. The Labute approximate surface area is 106 Å². The lowest BCUT2D eigenvalue weighted by molar-refractivity contribution is -0.137. The van der Waals surface area contributed by atoms with Crippen LogP contribution >= 0.6 is 0 Å². The lowest BCUT2D eigenvalue weighted by atomic mass is 9.73. The minimum absolute atomic E-state index is 0.0755. The van der Waals surface area contributed by atoms with Crippen LogP contribution in [-0.2, 0) is 9.53 Å². The first-order valence-electron chi connectivity index (χ1n) is 7.13. The van der Waals surface area contributed by atoms with E-state index in [-0.39, 0.29) is 11.5 Å². The van der Waals surface area contributed by atoms with Crippen molar-refractivity contribution in [2.75, 3.05) is 7.11 Å². The zero-order chi connectivity index (χ0) is 12.9. The molecule has 17 heavy (non-hydrogen) atoms. The van der Waals surface area contributed by atoms with E-state index in [0.29, 0.717) is 11.8 Å². The number of aldehydes is 1. The summed E-state index contributed by atoms with van der Waals surface area (Å²) in [5, 5.41) is 0. The number of carbonyl (C=O) groups is 1. The van der Waals surface area contributed by atoms with Crippen molar-refractivity contribution in [1.82, 2.24) is 0 Å². The molecular formula is C15H28O2. The number of rotatable bonds is 7. The third-order valence-electron chi connectivity index (χ3n) is 4.79. The molecular weight excluding hydrogens is 212 g/mol. The molecule has 0 aliphatic heterocycles. The average molecular weight is 240 g/mol. The Morgan fingerprint density at radius 1 is 1.29 bits per heavy atom. The fourth-order valence-corrected chi connectivity index (χ4v) is 3.74. The van der Waals surface area contributed by atoms with Gasteiger partial charge in [-0.15, -0.1) is 0 Å². The highest BCUT2D eigenvalue weighted by Gasteiger charge is 2.51. The van der Waals surface area contributed by atoms with Gasteiger partial charge in [-0.05, 0) is 31.1 Å². The second-order valence-corrected chi connectivity index (χ2v) is 5.68. The normalized spacial score (nSPS) is 34.8. The summed E-state index contributed by atoms with van der Waals surface area (Å²) in [7, 11) is 1.79. The zero-order valence-corrected chi connectivity index (χ0v) is 11.9. The maximum atomic E-state index is 11.5.